The maximum atomic E-state index is 13.3. The molecule has 5 aliphatic rings. The molecule has 4 aliphatic carbocycles. The highest BCUT2D eigenvalue weighted by atomic mass is 16.3. The minimum Gasteiger partial charge on any atom is -0.508 e. The van der Waals surface area contributed by atoms with Crippen molar-refractivity contribution in [1.82, 2.24) is 15.5 Å². The van der Waals surface area contributed by atoms with Crippen molar-refractivity contribution in [3.63, 3.8) is 0 Å². The van der Waals surface area contributed by atoms with E-state index in [9.17, 15) is 19.5 Å². The number of piperazine rings is 1. The Morgan fingerprint density at radius 2 is 1.73 bits per heavy atom. The molecule has 3 amide bonds. The molecule has 2 atom stereocenters. The van der Waals surface area contributed by atoms with Gasteiger partial charge in [0.2, 0.25) is 5.91 Å². The van der Waals surface area contributed by atoms with Crippen LogP contribution in [-0.4, -0.2) is 52.9 Å². The fourth-order valence-electron chi connectivity index (χ4n) is 7.46. The van der Waals surface area contributed by atoms with Gasteiger partial charge >= 0.3 is 11.8 Å². The molecule has 0 radical (unpaired) electrons. The molecule has 7 heteroatoms. The minimum absolute atomic E-state index is 0.0577. The van der Waals surface area contributed by atoms with E-state index >= 15 is 0 Å². The van der Waals surface area contributed by atoms with Gasteiger partial charge in [-0.25, -0.2) is 0 Å². The summed E-state index contributed by atoms with van der Waals surface area (Å²) in [5.74, 6) is 1.50. The molecule has 5 fully saturated rings. The van der Waals surface area contributed by atoms with Gasteiger partial charge < -0.3 is 20.6 Å². The molecular formula is C26H35N3O4. The largest absolute Gasteiger partial charge is 0.508 e. The Balaban J connectivity index is 1.29. The normalized spacial score (nSPS) is 33.7. The number of hydrogen-bond acceptors (Lipinski definition) is 4. The third-order valence-electron chi connectivity index (χ3n) is 8.45. The monoisotopic (exact) mass is 453 g/mol. The molecule has 4 bridgehead atoms. The van der Waals surface area contributed by atoms with Crippen molar-refractivity contribution >= 4 is 17.7 Å². The number of amides is 3. The number of phenols is 1. The van der Waals surface area contributed by atoms with E-state index in [2.05, 4.69) is 10.6 Å². The zero-order valence-electron chi connectivity index (χ0n) is 19.4. The molecule has 1 aromatic carbocycles. The van der Waals surface area contributed by atoms with Gasteiger partial charge in [0, 0.05) is 25.6 Å². The van der Waals surface area contributed by atoms with Crippen molar-refractivity contribution in [2.24, 2.45) is 23.2 Å². The number of aromatic hydroxyl groups is 1. The van der Waals surface area contributed by atoms with Gasteiger partial charge in [-0.05, 0) is 92.7 Å². The number of nitrogens with one attached hydrogen (secondary N) is 2. The van der Waals surface area contributed by atoms with E-state index < -0.39 is 11.8 Å². The maximum absolute atomic E-state index is 13.3. The molecule has 7 nitrogen and oxygen atoms in total. The highest BCUT2D eigenvalue weighted by Crippen LogP contribution is 2.61. The highest BCUT2D eigenvalue weighted by molar-refractivity contribution is 6.35. The zero-order chi connectivity index (χ0) is 23.2. The highest BCUT2D eigenvalue weighted by Gasteiger charge is 2.51. The first-order valence-corrected chi connectivity index (χ1v) is 12.4. The Hall–Kier alpha value is -2.57. The number of carbonyl (C=O) groups is 3. The molecule has 1 heterocycles. The molecule has 33 heavy (non-hydrogen) atoms. The maximum Gasteiger partial charge on any atom is 0.312 e. The van der Waals surface area contributed by atoms with Crippen LogP contribution in [0.1, 0.15) is 57.4 Å². The molecule has 0 unspecified atom stereocenters. The van der Waals surface area contributed by atoms with Crippen LogP contribution in [0, 0.1) is 23.2 Å². The van der Waals surface area contributed by atoms with E-state index in [4.69, 9.17) is 0 Å². The van der Waals surface area contributed by atoms with Gasteiger partial charge in [0.25, 0.3) is 0 Å². The first-order chi connectivity index (χ1) is 15.8. The summed E-state index contributed by atoms with van der Waals surface area (Å²) in [5.41, 5.74) is 1.12. The summed E-state index contributed by atoms with van der Waals surface area (Å²) >= 11 is 0. The van der Waals surface area contributed by atoms with Crippen molar-refractivity contribution < 1.29 is 19.5 Å². The quantitative estimate of drug-likeness (QED) is 0.552. The third-order valence-corrected chi connectivity index (χ3v) is 8.45. The Bertz CT molecular complexity index is 893. The number of hydrogen-bond donors (Lipinski definition) is 3. The van der Waals surface area contributed by atoms with Gasteiger partial charge in [0.1, 0.15) is 5.75 Å². The Kier molecular flexibility index (Phi) is 5.83. The average Bonchev–Trinajstić information content (AvgIpc) is 2.74. The summed E-state index contributed by atoms with van der Waals surface area (Å²) in [5, 5.41) is 15.5. The third kappa shape index (κ3) is 4.73. The first-order valence-electron chi connectivity index (χ1n) is 12.4. The topological polar surface area (TPSA) is 98.7 Å². The first kappa shape index (κ1) is 22.2. The SMILES string of the molecule is C[C@H]1CNC(=O)C(=O)N1C[C@H](Cc1ccc(O)cc1)NC(=O)CC12CC3CC(CC(C3)C1)C2. The Morgan fingerprint density at radius 3 is 2.33 bits per heavy atom. The van der Waals surface area contributed by atoms with Crippen molar-refractivity contribution in [2.45, 2.75) is 70.4 Å². The van der Waals surface area contributed by atoms with Crippen molar-refractivity contribution in [1.29, 1.82) is 0 Å². The van der Waals surface area contributed by atoms with E-state index in [1.54, 1.807) is 17.0 Å². The van der Waals surface area contributed by atoms with Crippen LogP contribution >= 0.6 is 0 Å². The second kappa shape index (κ2) is 8.65. The van der Waals surface area contributed by atoms with Gasteiger partial charge in [-0.3, -0.25) is 14.4 Å². The predicted octanol–water partition coefficient (Wildman–Crippen LogP) is 2.37. The van der Waals surface area contributed by atoms with Crippen molar-refractivity contribution in [3.8, 4) is 5.75 Å². The molecule has 4 saturated carbocycles. The molecule has 6 rings (SSSR count). The van der Waals surface area contributed by atoms with E-state index in [1.165, 1.54) is 38.5 Å². The lowest BCUT2D eigenvalue weighted by atomic mass is 9.49. The molecule has 0 aromatic heterocycles. The van der Waals surface area contributed by atoms with Crippen LogP contribution in [-0.2, 0) is 20.8 Å². The van der Waals surface area contributed by atoms with Crippen LogP contribution in [0.4, 0.5) is 0 Å². The molecule has 1 saturated heterocycles. The summed E-state index contributed by atoms with van der Waals surface area (Å²) in [6.45, 7) is 2.62. The van der Waals surface area contributed by atoms with Crippen LogP contribution in [0.2, 0.25) is 0 Å². The van der Waals surface area contributed by atoms with E-state index in [-0.39, 0.29) is 29.2 Å². The van der Waals surface area contributed by atoms with Crippen LogP contribution in [0.3, 0.4) is 0 Å². The van der Waals surface area contributed by atoms with Gasteiger partial charge in [0.05, 0.1) is 6.04 Å². The predicted molar refractivity (Wildman–Crippen MR) is 123 cm³/mol. The van der Waals surface area contributed by atoms with E-state index in [0.29, 0.717) is 25.9 Å². The van der Waals surface area contributed by atoms with Gasteiger partial charge in [-0.15, -0.1) is 0 Å². The molecule has 3 N–H and O–H groups in total. The van der Waals surface area contributed by atoms with E-state index in [0.717, 1.165) is 23.3 Å². The summed E-state index contributed by atoms with van der Waals surface area (Å²) in [6.07, 6.45) is 8.67. The Labute approximate surface area is 195 Å². The lowest BCUT2D eigenvalue weighted by molar-refractivity contribution is -0.150. The zero-order valence-corrected chi connectivity index (χ0v) is 19.4. The molecule has 0 spiro atoms. The average molecular weight is 454 g/mol. The number of benzene rings is 1. The number of nitrogens with zero attached hydrogens (tertiary/aromatic N) is 1. The second-order valence-corrected chi connectivity index (χ2v) is 11.2. The van der Waals surface area contributed by atoms with Crippen molar-refractivity contribution in [3.05, 3.63) is 29.8 Å². The van der Waals surface area contributed by atoms with Crippen LogP contribution in [0.5, 0.6) is 5.75 Å². The molecule has 1 aromatic rings. The molecule has 1 aliphatic heterocycles. The van der Waals surface area contributed by atoms with Gasteiger partial charge in [0.15, 0.2) is 0 Å². The number of carbonyl (C=O) groups excluding carboxylic acids is 3. The molecular weight excluding hydrogens is 418 g/mol. The van der Waals surface area contributed by atoms with E-state index in [1.807, 2.05) is 19.1 Å². The summed E-state index contributed by atoms with van der Waals surface area (Å²) in [7, 11) is 0. The van der Waals surface area contributed by atoms with Crippen LogP contribution in [0.25, 0.3) is 0 Å². The lowest BCUT2D eigenvalue weighted by Crippen LogP contribution is -2.60. The summed E-state index contributed by atoms with van der Waals surface area (Å²) < 4.78 is 0. The second-order valence-electron chi connectivity index (χ2n) is 11.2. The van der Waals surface area contributed by atoms with Crippen LogP contribution < -0.4 is 10.6 Å². The fourth-order valence-corrected chi connectivity index (χ4v) is 7.46. The van der Waals surface area contributed by atoms with Gasteiger partial charge in [-0.2, -0.15) is 0 Å². The standard InChI is InChI=1S/C26H35N3O4/c1-16-14-27-24(32)25(33)29(16)15-21(9-17-2-4-22(30)5-3-17)28-23(31)13-26-10-18-6-19(11-26)8-20(7-18)12-26/h2-5,16,18-21,30H,6-15H2,1H3,(H,27,32)(H,28,31)/t16-,18?,19?,20?,21-,26?/m0/s1. The molecule has 178 valence electrons. The fraction of sp³-hybridized carbons (Fsp3) is 0.654. The smallest absolute Gasteiger partial charge is 0.312 e. The van der Waals surface area contributed by atoms with Crippen molar-refractivity contribution in [2.75, 3.05) is 13.1 Å². The Morgan fingerprint density at radius 1 is 1.12 bits per heavy atom. The summed E-state index contributed by atoms with van der Waals surface area (Å²) in [4.78, 5) is 39.4. The summed E-state index contributed by atoms with van der Waals surface area (Å²) in [6, 6.07) is 6.51. The number of phenolic OH excluding ortho intramolecular Hbond substituents is 1. The number of rotatable bonds is 7. The minimum atomic E-state index is -0.587. The van der Waals surface area contributed by atoms with Crippen LogP contribution in [0.15, 0.2) is 24.3 Å². The van der Waals surface area contributed by atoms with Gasteiger partial charge in [-0.1, -0.05) is 12.1 Å². The lowest BCUT2D eigenvalue weighted by Gasteiger charge is -2.56.